The van der Waals surface area contributed by atoms with E-state index in [0.717, 1.165) is 22.5 Å². The molecule has 1 aromatic heterocycles. The molecule has 0 amide bonds. The van der Waals surface area contributed by atoms with Gasteiger partial charge >= 0.3 is 0 Å². The van der Waals surface area contributed by atoms with Crippen molar-refractivity contribution in [2.45, 2.75) is 13.8 Å². The van der Waals surface area contributed by atoms with E-state index in [1.165, 1.54) is 0 Å². The summed E-state index contributed by atoms with van der Waals surface area (Å²) in [5.74, 6) is 0. The fourth-order valence-corrected chi connectivity index (χ4v) is 2.64. The third kappa shape index (κ3) is 2.57. The molecule has 0 aliphatic carbocycles. The van der Waals surface area contributed by atoms with Crippen molar-refractivity contribution in [2.24, 2.45) is 0 Å². The molecule has 88 valence electrons. The molecule has 2 aromatic rings. The van der Waals surface area contributed by atoms with Gasteiger partial charge in [0.1, 0.15) is 0 Å². The van der Waals surface area contributed by atoms with E-state index < -0.39 is 0 Å². The Labute approximate surface area is 115 Å². The van der Waals surface area contributed by atoms with Crippen LogP contribution in [-0.4, -0.2) is 4.98 Å². The highest BCUT2D eigenvalue weighted by Gasteiger charge is 2.13. The fourth-order valence-electron chi connectivity index (χ4n) is 1.65. The van der Waals surface area contributed by atoms with E-state index in [4.69, 9.17) is 34.8 Å². The van der Waals surface area contributed by atoms with Crippen LogP contribution in [0.1, 0.15) is 11.3 Å². The van der Waals surface area contributed by atoms with Gasteiger partial charge in [-0.15, -0.1) is 0 Å². The monoisotopic (exact) mass is 285 g/mol. The number of aromatic nitrogens is 1. The van der Waals surface area contributed by atoms with Crippen LogP contribution in [0.3, 0.4) is 0 Å². The smallest absolute Gasteiger partial charge is 0.0764 e. The minimum absolute atomic E-state index is 0.517. The molecule has 0 atom stereocenters. The van der Waals surface area contributed by atoms with Gasteiger partial charge in [-0.05, 0) is 37.6 Å². The van der Waals surface area contributed by atoms with Crippen molar-refractivity contribution in [1.82, 2.24) is 4.98 Å². The lowest BCUT2D eigenvalue weighted by molar-refractivity contribution is 1.18. The second kappa shape index (κ2) is 4.85. The lowest BCUT2D eigenvalue weighted by Gasteiger charge is -2.10. The minimum atomic E-state index is 0.517. The molecule has 0 fully saturated rings. The Morgan fingerprint density at radius 2 is 1.53 bits per heavy atom. The number of pyridine rings is 1. The Morgan fingerprint density at radius 1 is 0.941 bits per heavy atom. The van der Waals surface area contributed by atoms with Gasteiger partial charge in [-0.1, -0.05) is 40.9 Å². The molecular formula is C13H10Cl3N. The summed E-state index contributed by atoms with van der Waals surface area (Å²) in [6, 6.07) is 7.30. The summed E-state index contributed by atoms with van der Waals surface area (Å²) < 4.78 is 0. The first kappa shape index (κ1) is 12.7. The predicted octanol–water partition coefficient (Wildman–Crippen LogP) is 5.33. The lowest BCUT2D eigenvalue weighted by atomic mass is 10.1. The van der Waals surface area contributed by atoms with Crippen LogP contribution in [0.5, 0.6) is 0 Å². The van der Waals surface area contributed by atoms with E-state index in [-0.39, 0.29) is 0 Å². The molecule has 1 nitrogen and oxygen atoms in total. The predicted molar refractivity (Wildman–Crippen MR) is 74.2 cm³/mol. The molecule has 0 bridgehead atoms. The van der Waals surface area contributed by atoms with Gasteiger partial charge in [0, 0.05) is 16.3 Å². The van der Waals surface area contributed by atoms with Crippen LogP contribution in [0.2, 0.25) is 15.1 Å². The highest BCUT2D eigenvalue weighted by molar-refractivity contribution is 6.41. The maximum Gasteiger partial charge on any atom is 0.0764 e. The summed E-state index contributed by atoms with van der Waals surface area (Å²) in [5.41, 5.74) is 3.49. The number of rotatable bonds is 1. The third-order valence-corrected chi connectivity index (χ3v) is 3.29. The second-order valence-electron chi connectivity index (χ2n) is 3.86. The van der Waals surface area contributed by atoms with Crippen LogP contribution in [0.4, 0.5) is 0 Å². The summed E-state index contributed by atoms with van der Waals surface area (Å²) in [7, 11) is 0. The fraction of sp³-hybridized carbons (Fsp3) is 0.154. The molecule has 0 saturated carbocycles. The first-order valence-corrected chi connectivity index (χ1v) is 6.21. The lowest BCUT2D eigenvalue weighted by Crippen LogP contribution is -1.92. The van der Waals surface area contributed by atoms with Crippen LogP contribution >= 0.6 is 34.8 Å². The van der Waals surface area contributed by atoms with Crippen LogP contribution in [-0.2, 0) is 0 Å². The maximum atomic E-state index is 6.18. The van der Waals surface area contributed by atoms with E-state index in [9.17, 15) is 0 Å². The van der Waals surface area contributed by atoms with Gasteiger partial charge < -0.3 is 0 Å². The van der Waals surface area contributed by atoms with E-state index >= 15 is 0 Å². The Kier molecular flexibility index (Phi) is 3.62. The topological polar surface area (TPSA) is 12.9 Å². The molecule has 0 saturated heterocycles. The van der Waals surface area contributed by atoms with Crippen molar-refractivity contribution in [3.05, 3.63) is 50.6 Å². The van der Waals surface area contributed by atoms with Gasteiger partial charge in [-0.2, -0.15) is 0 Å². The number of aryl methyl sites for hydroxylation is 2. The third-order valence-electron chi connectivity index (χ3n) is 2.48. The van der Waals surface area contributed by atoms with Crippen LogP contribution in [0, 0.1) is 13.8 Å². The molecule has 1 aromatic carbocycles. The first-order valence-electron chi connectivity index (χ1n) is 5.08. The van der Waals surface area contributed by atoms with Gasteiger partial charge in [0.25, 0.3) is 0 Å². The maximum absolute atomic E-state index is 6.18. The average molecular weight is 287 g/mol. The van der Waals surface area contributed by atoms with E-state index in [0.29, 0.717) is 15.1 Å². The molecule has 4 heteroatoms. The Morgan fingerprint density at radius 3 is 2.12 bits per heavy atom. The van der Waals surface area contributed by atoms with Crippen molar-refractivity contribution in [3.8, 4) is 11.3 Å². The van der Waals surface area contributed by atoms with Gasteiger partial charge in [0.2, 0.25) is 0 Å². The van der Waals surface area contributed by atoms with E-state index in [1.807, 2.05) is 26.0 Å². The molecule has 0 unspecified atom stereocenters. The number of nitrogens with zero attached hydrogens (tertiary/aromatic N) is 1. The average Bonchev–Trinajstić information content (AvgIpc) is 2.21. The van der Waals surface area contributed by atoms with Crippen molar-refractivity contribution in [1.29, 1.82) is 0 Å². The van der Waals surface area contributed by atoms with Gasteiger partial charge in [-0.25, -0.2) is 0 Å². The summed E-state index contributed by atoms with van der Waals surface area (Å²) in [6.45, 7) is 3.91. The zero-order chi connectivity index (χ0) is 12.6. The van der Waals surface area contributed by atoms with Crippen molar-refractivity contribution < 1.29 is 0 Å². The van der Waals surface area contributed by atoms with Crippen molar-refractivity contribution >= 4 is 34.8 Å². The van der Waals surface area contributed by atoms with Gasteiger partial charge in [0.05, 0.1) is 15.7 Å². The number of halogens is 3. The second-order valence-corrected chi connectivity index (χ2v) is 5.11. The largest absolute Gasteiger partial charge is 0.253 e. The molecule has 0 radical (unpaired) electrons. The summed E-state index contributed by atoms with van der Waals surface area (Å²) in [6.07, 6.45) is 0. The minimum Gasteiger partial charge on any atom is -0.253 e. The summed E-state index contributed by atoms with van der Waals surface area (Å²) >= 11 is 18.3. The number of hydrogen-bond acceptors (Lipinski definition) is 1. The first-order chi connectivity index (χ1) is 7.99. The summed E-state index contributed by atoms with van der Waals surface area (Å²) in [4.78, 5) is 4.48. The molecule has 1 heterocycles. The zero-order valence-corrected chi connectivity index (χ0v) is 11.7. The number of hydrogen-bond donors (Lipinski definition) is 0. The number of benzene rings is 1. The Bertz CT molecular complexity index is 556. The molecule has 17 heavy (non-hydrogen) atoms. The summed E-state index contributed by atoms with van der Waals surface area (Å²) in [5, 5.41) is 1.56. The van der Waals surface area contributed by atoms with Crippen LogP contribution < -0.4 is 0 Å². The van der Waals surface area contributed by atoms with Crippen molar-refractivity contribution in [3.63, 3.8) is 0 Å². The van der Waals surface area contributed by atoms with Crippen LogP contribution in [0.25, 0.3) is 11.3 Å². The van der Waals surface area contributed by atoms with Gasteiger partial charge in [-0.3, -0.25) is 4.98 Å². The molecule has 0 spiro atoms. The molecule has 2 rings (SSSR count). The quantitative estimate of drug-likeness (QED) is 0.691. The molecule has 0 aliphatic rings. The highest BCUT2D eigenvalue weighted by atomic mass is 35.5. The van der Waals surface area contributed by atoms with E-state index in [1.54, 1.807) is 12.1 Å². The Hall–Kier alpha value is -0.760. The zero-order valence-electron chi connectivity index (χ0n) is 9.39. The van der Waals surface area contributed by atoms with Gasteiger partial charge in [0.15, 0.2) is 0 Å². The van der Waals surface area contributed by atoms with E-state index in [2.05, 4.69) is 4.98 Å². The van der Waals surface area contributed by atoms with Crippen LogP contribution in [0.15, 0.2) is 24.3 Å². The van der Waals surface area contributed by atoms with Crippen molar-refractivity contribution in [2.75, 3.05) is 0 Å². The molecule has 0 aliphatic heterocycles. The SMILES string of the molecule is Cc1ccc(C)c(-c2c(Cl)cc(Cl)cc2Cl)n1. The molecular weight excluding hydrogens is 277 g/mol. The Balaban J connectivity index is 2.72. The normalized spacial score (nSPS) is 10.6. The standard InChI is InChI=1S/C13H10Cl3N/c1-7-3-4-8(2)17-13(7)12-10(15)5-9(14)6-11(12)16/h3-6H,1-2H3. The highest BCUT2D eigenvalue weighted by Crippen LogP contribution is 2.37. The molecule has 0 N–H and O–H groups in total.